The van der Waals surface area contributed by atoms with E-state index >= 15 is 0 Å². The fourth-order valence-corrected chi connectivity index (χ4v) is 6.06. The van der Waals surface area contributed by atoms with Crippen LogP contribution in [0.4, 0.5) is 0 Å². The molecule has 0 atom stereocenters. The summed E-state index contributed by atoms with van der Waals surface area (Å²) in [4.78, 5) is 19.7. The van der Waals surface area contributed by atoms with Crippen LogP contribution in [0.3, 0.4) is 0 Å². The van der Waals surface area contributed by atoms with E-state index in [2.05, 4.69) is 41.3 Å². The molecule has 0 aliphatic carbocycles. The number of benzene rings is 3. The van der Waals surface area contributed by atoms with Crippen molar-refractivity contribution in [3.63, 3.8) is 0 Å². The molecule has 0 radical (unpaired) electrons. The van der Waals surface area contributed by atoms with E-state index in [9.17, 15) is 4.79 Å². The molecule has 0 fully saturated rings. The number of fused-ring (bicyclic) bond motifs is 1. The Bertz CT molecular complexity index is 1990. The normalized spacial score (nSPS) is 12.0. The van der Waals surface area contributed by atoms with Gasteiger partial charge in [-0.1, -0.05) is 60.7 Å². The number of ether oxygens (including phenoxy) is 2. The summed E-state index contributed by atoms with van der Waals surface area (Å²) in [5.41, 5.74) is 4.22. The van der Waals surface area contributed by atoms with Gasteiger partial charge in [0.2, 0.25) is 4.96 Å². The van der Waals surface area contributed by atoms with Crippen molar-refractivity contribution in [3.05, 3.63) is 111 Å². The first-order valence-corrected chi connectivity index (χ1v) is 15.1. The molecule has 8 nitrogen and oxygen atoms in total. The van der Waals surface area contributed by atoms with Gasteiger partial charge in [-0.15, -0.1) is 16.9 Å². The van der Waals surface area contributed by atoms with Gasteiger partial charge in [-0.2, -0.15) is 14.6 Å². The molecule has 0 saturated heterocycles. The van der Waals surface area contributed by atoms with Gasteiger partial charge in [0, 0.05) is 22.2 Å². The van der Waals surface area contributed by atoms with E-state index in [1.807, 2.05) is 71.6 Å². The van der Waals surface area contributed by atoms with Crippen molar-refractivity contribution < 1.29 is 9.47 Å². The lowest BCUT2D eigenvalue weighted by Crippen LogP contribution is -2.23. The van der Waals surface area contributed by atoms with Gasteiger partial charge >= 0.3 is 0 Å². The molecular formula is C32H27N5O3S2. The highest BCUT2D eigenvalue weighted by molar-refractivity contribution is 7.99. The van der Waals surface area contributed by atoms with E-state index in [1.165, 1.54) is 20.7 Å². The first-order chi connectivity index (χ1) is 20.6. The molecule has 0 spiro atoms. The van der Waals surface area contributed by atoms with Gasteiger partial charge in [-0.25, -0.2) is 4.68 Å². The monoisotopic (exact) mass is 593 g/mol. The van der Waals surface area contributed by atoms with E-state index in [0.717, 1.165) is 33.8 Å². The number of methoxy groups -OCH3 is 2. The van der Waals surface area contributed by atoms with Crippen LogP contribution in [0.15, 0.2) is 88.7 Å². The fraction of sp³-hybridized carbons (Fsp3) is 0.125. The molecule has 6 aromatic rings. The smallest absolute Gasteiger partial charge is 0.291 e. The lowest BCUT2D eigenvalue weighted by molar-refractivity contribution is 0.355. The minimum atomic E-state index is -0.221. The van der Waals surface area contributed by atoms with E-state index in [1.54, 1.807) is 32.1 Å². The van der Waals surface area contributed by atoms with Gasteiger partial charge in [0.05, 0.1) is 30.1 Å². The van der Waals surface area contributed by atoms with E-state index < -0.39 is 0 Å². The molecule has 0 aliphatic heterocycles. The summed E-state index contributed by atoms with van der Waals surface area (Å²) >= 11 is 3.10. The molecular weight excluding hydrogens is 567 g/mol. The van der Waals surface area contributed by atoms with Crippen LogP contribution in [0.2, 0.25) is 0 Å². The fourth-order valence-electron chi connectivity index (χ4n) is 4.49. The molecule has 3 heterocycles. The third kappa shape index (κ3) is 5.59. The topological polar surface area (TPSA) is 83.5 Å². The molecule has 0 aliphatic rings. The van der Waals surface area contributed by atoms with Crippen molar-refractivity contribution in [2.45, 2.75) is 11.8 Å². The maximum Gasteiger partial charge on any atom is 0.291 e. The number of hydrogen-bond donors (Lipinski definition) is 0. The average Bonchev–Trinajstić information content (AvgIpc) is 3.71. The van der Waals surface area contributed by atoms with Crippen molar-refractivity contribution >= 4 is 46.3 Å². The van der Waals surface area contributed by atoms with Crippen molar-refractivity contribution in [2.24, 2.45) is 0 Å². The molecule has 0 N–H and O–H groups in total. The highest BCUT2D eigenvalue weighted by Gasteiger charge is 2.14. The van der Waals surface area contributed by atoms with E-state index in [0.29, 0.717) is 26.8 Å². The largest absolute Gasteiger partial charge is 0.493 e. The standard InChI is InChI=1S/C32H27N5O3S2/c1-4-41-25-14-12-22(13-15-25)30-23(20-36(35-30)24-8-6-5-7-9-24)19-28-31(38)37-32(42-28)33-29(34-37)17-11-21-10-16-26(39-2)27(18-21)40-3/h5-20H,4H2,1-3H3/b17-11+,28-19-. The Kier molecular flexibility index (Phi) is 7.89. The predicted molar refractivity (Wildman–Crippen MR) is 170 cm³/mol. The van der Waals surface area contributed by atoms with Crippen LogP contribution in [0, 0.1) is 0 Å². The number of hydrogen-bond acceptors (Lipinski definition) is 8. The van der Waals surface area contributed by atoms with Crippen LogP contribution in [0.25, 0.3) is 40.1 Å². The Morgan fingerprint density at radius 2 is 1.71 bits per heavy atom. The third-order valence-corrected chi connectivity index (χ3v) is 8.37. The molecule has 3 aromatic heterocycles. The van der Waals surface area contributed by atoms with Crippen molar-refractivity contribution in [1.82, 2.24) is 24.4 Å². The number of thioether (sulfide) groups is 1. The molecule has 210 valence electrons. The molecule has 42 heavy (non-hydrogen) atoms. The summed E-state index contributed by atoms with van der Waals surface area (Å²) in [5, 5.41) is 9.35. The predicted octanol–water partition coefficient (Wildman–Crippen LogP) is 5.85. The second kappa shape index (κ2) is 12.1. The summed E-state index contributed by atoms with van der Waals surface area (Å²) in [6.45, 7) is 2.14. The second-order valence-electron chi connectivity index (χ2n) is 9.20. The quantitative estimate of drug-likeness (QED) is 0.195. The molecule has 0 unspecified atom stereocenters. The van der Waals surface area contributed by atoms with Crippen LogP contribution < -0.4 is 19.6 Å². The maximum absolute atomic E-state index is 13.4. The van der Waals surface area contributed by atoms with Gasteiger partial charge < -0.3 is 9.47 Å². The number of nitrogens with zero attached hydrogens (tertiary/aromatic N) is 5. The van der Waals surface area contributed by atoms with Gasteiger partial charge in [0.25, 0.3) is 5.56 Å². The first kappa shape index (κ1) is 27.5. The Hall–Kier alpha value is -4.67. The van der Waals surface area contributed by atoms with Gasteiger partial charge in [-0.05, 0) is 59.9 Å². The summed E-state index contributed by atoms with van der Waals surface area (Å²) < 4.78 is 14.4. The summed E-state index contributed by atoms with van der Waals surface area (Å²) in [6.07, 6.45) is 7.46. The Morgan fingerprint density at radius 3 is 2.43 bits per heavy atom. The highest BCUT2D eigenvalue weighted by Crippen LogP contribution is 2.29. The van der Waals surface area contributed by atoms with Crippen LogP contribution >= 0.6 is 23.1 Å². The zero-order chi connectivity index (χ0) is 29.1. The van der Waals surface area contributed by atoms with Crippen molar-refractivity contribution in [2.75, 3.05) is 20.0 Å². The molecule has 3 aromatic carbocycles. The number of rotatable bonds is 9. The maximum atomic E-state index is 13.4. The Labute approximate surface area is 250 Å². The SMILES string of the molecule is CCSc1ccc(-c2nn(-c3ccccc3)cc2/C=c2\sc3nc(/C=C/c4ccc(OC)c(OC)c4)nn3c2=O)cc1. The second-order valence-corrected chi connectivity index (χ2v) is 11.5. The van der Waals surface area contributed by atoms with Crippen LogP contribution in [0.5, 0.6) is 11.5 Å². The number of thiazole rings is 1. The first-order valence-electron chi connectivity index (χ1n) is 13.3. The molecule has 10 heteroatoms. The van der Waals surface area contributed by atoms with E-state index in [4.69, 9.17) is 14.6 Å². The van der Waals surface area contributed by atoms with Crippen LogP contribution in [-0.4, -0.2) is 44.4 Å². The molecule has 0 amide bonds. The lowest BCUT2D eigenvalue weighted by atomic mass is 10.1. The van der Waals surface area contributed by atoms with Crippen molar-refractivity contribution in [3.8, 4) is 28.4 Å². The Morgan fingerprint density at radius 1 is 0.929 bits per heavy atom. The average molecular weight is 594 g/mol. The summed E-state index contributed by atoms with van der Waals surface area (Å²) in [7, 11) is 3.19. The van der Waals surface area contributed by atoms with Crippen LogP contribution in [0.1, 0.15) is 23.9 Å². The Balaban J connectivity index is 1.36. The third-order valence-electron chi connectivity index (χ3n) is 6.52. The zero-order valence-electron chi connectivity index (χ0n) is 23.2. The van der Waals surface area contributed by atoms with Crippen LogP contribution in [-0.2, 0) is 0 Å². The van der Waals surface area contributed by atoms with Gasteiger partial charge in [0.1, 0.15) is 0 Å². The molecule has 0 bridgehead atoms. The van der Waals surface area contributed by atoms with E-state index in [-0.39, 0.29) is 5.56 Å². The zero-order valence-corrected chi connectivity index (χ0v) is 24.9. The number of para-hydroxylation sites is 1. The molecule has 6 rings (SSSR count). The summed E-state index contributed by atoms with van der Waals surface area (Å²) in [5.74, 6) is 2.74. The highest BCUT2D eigenvalue weighted by atomic mass is 32.2. The lowest BCUT2D eigenvalue weighted by Gasteiger charge is -2.07. The summed E-state index contributed by atoms with van der Waals surface area (Å²) in [6, 6.07) is 23.9. The van der Waals surface area contributed by atoms with Crippen molar-refractivity contribution in [1.29, 1.82) is 0 Å². The van der Waals surface area contributed by atoms with Gasteiger partial charge in [-0.3, -0.25) is 4.79 Å². The number of aromatic nitrogens is 5. The van der Waals surface area contributed by atoms with Gasteiger partial charge in [0.15, 0.2) is 17.3 Å². The minimum absolute atomic E-state index is 0.221. The molecule has 0 saturated carbocycles. The minimum Gasteiger partial charge on any atom is -0.493 e.